The molecular formula is C13H17ClN4O2. The van der Waals surface area contributed by atoms with E-state index in [0.717, 1.165) is 19.6 Å². The normalized spacial score (nSPS) is 13.9. The highest BCUT2D eigenvalue weighted by molar-refractivity contribution is 6.30. The molecule has 0 unspecified atom stereocenters. The highest BCUT2D eigenvalue weighted by atomic mass is 35.5. The number of hydrogen-bond donors (Lipinski definition) is 1. The molecule has 0 bridgehead atoms. The summed E-state index contributed by atoms with van der Waals surface area (Å²) >= 11 is 5.77. The lowest BCUT2D eigenvalue weighted by molar-refractivity contribution is -0.383. The van der Waals surface area contributed by atoms with Crippen LogP contribution >= 0.6 is 11.6 Å². The Morgan fingerprint density at radius 3 is 2.90 bits per heavy atom. The molecule has 0 atom stereocenters. The summed E-state index contributed by atoms with van der Waals surface area (Å²) in [5.41, 5.74) is 0.520. The number of nitro groups is 1. The van der Waals surface area contributed by atoms with Crippen LogP contribution in [0.5, 0.6) is 0 Å². The van der Waals surface area contributed by atoms with Crippen molar-refractivity contribution in [3.63, 3.8) is 0 Å². The van der Waals surface area contributed by atoms with Crippen molar-refractivity contribution < 1.29 is 4.92 Å². The first-order valence-electron chi connectivity index (χ1n) is 6.36. The van der Waals surface area contributed by atoms with Crippen LogP contribution < -0.4 is 5.32 Å². The second-order valence-electron chi connectivity index (χ2n) is 4.71. The molecule has 2 rings (SSSR count). The number of benzene rings is 1. The van der Waals surface area contributed by atoms with Gasteiger partial charge in [-0.2, -0.15) is 0 Å². The zero-order valence-corrected chi connectivity index (χ0v) is 12.0. The summed E-state index contributed by atoms with van der Waals surface area (Å²) < 4.78 is 0. The molecule has 0 saturated carbocycles. The van der Waals surface area contributed by atoms with E-state index in [4.69, 9.17) is 11.6 Å². The maximum Gasteiger partial charge on any atom is 0.293 e. The van der Waals surface area contributed by atoms with Gasteiger partial charge in [0.25, 0.3) is 5.69 Å². The Kier molecular flexibility index (Phi) is 4.68. The van der Waals surface area contributed by atoms with Gasteiger partial charge in [-0.3, -0.25) is 10.1 Å². The van der Waals surface area contributed by atoms with E-state index in [0.29, 0.717) is 17.3 Å². The Morgan fingerprint density at radius 1 is 1.45 bits per heavy atom. The highest BCUT2D eigenvalue weighted by Gasteiger charge is 2.14. The van der Waals surface area contributed by atoms with Gasteiger partial charge in [-0.15, -0.1) is 0 Å². The molecular weight excluding hydrogens is 280 g/mol. The lowest BCUT2D eigenvalue weighted by atomic mass is 10.2. The van der Waals surface area contributed by atoms with Crippen molar-refractivity contribution in [2.75, 3.05) is 32.1 Å². The molecule has 108 valence electrons. The molecule has 0 saturated heterocycles. The molecule has 20 heavy (non-hydrogen) atoms. The van der Waals surface area contributed by atoms with Gasteiger partial charge in [0.1, 0.15) is 5.69 Å². The third kappa shape index (κ3) is 3.77. The van der Waals surface area contributed by atoms with Gasteiger partial charge in [-0.1, -0.05) is 11.6 Å². The second kappa shape index (κ2) is 6.47. The van der Waals surface area contributed by atoms with Crippen LogP contribution in [0.15, 0.2) is 30.6 Å². The Morgan fingerprint density at radius 2 is 2.25 bits per heavy atom. The van der Waals surface area contributed by atoms with Gasteiger partial charge >= 0.3 is 0 Å². The maximum atomic E-state index is 10.9. The van der Waals surface area contributed by atoms with Crippen molar-refractivity contribution in [1.82, 2.24) is 9.80 Å². The smallest absolute Gasteiger partial charge is 0.293 e. The van der Waals surface area contributed by atoms with E-state index in [9.17, 15) is 10.1 Å². The van der Waals surface area contributed by atoms with Gasteiger partial charge in [0.05, 0.1) is 11.6 Å². The van der Waals surface area contributed by atoms with Crippen LogP contribution in [0.1, 0.15) is 6.42 Å². The Bertz CT molecular complexity index is 521. The van der Waals surface area contributed by atoms with Crippen LogP contribution in [-0.2, 0) is 0 Å². The van der Waals surface area contributed by atoms with Crippen LogP contribution in [0.4, 0.5) is 11.4 Å². The summed E-state index contributed by atoms with van der Waals surface area (Å²) in [5, 5.41) is 14.4. The summed E-state index contributed by atoms with van der Waals surface area (Å²) in [6, 6.07) is 4.65. The fourth-order valence-electron chi connectivity index (χ4n) is 2.04. The summed E-state index contributed by atoms with van der Waals surface area (Å²) in [6.07, 6.45) is 4.97. The number of anilines is 1. The van der Waals surface area contributed by atoms with E-state index in [1.54, 1.807) is 12.1 Å². The number of halogens is 1. The highest BCUT2D eigenvalue weighted by Crippen LogP contribution is 2.27. The number of nitro benzene ring substituents is 1. The van der Waals surface area contributed by atoms with Crippen LogP contribution in [-0.4, -0.2) is 41.5 Å². The SMILES string of the molecule is CN1C=CN(CCCNc2ccc(Cl)cc2[N+](=O)[O-])C1. The van der Waals surface area contributed by atoms with Crippen molar-refractivity contribution in [3.05, 3.63) is 45.7 Å². The topological polar surface area (TPSA) is 61.6 Å². The zero-order chi connectivity index (χ0) is 14.5. The summed E-state index contributed by atoms with van der Waals surface area (Å²) in [7, 11) is 2.02. The van der Waals surface area contributed by atoms with Crippen molar-refractivity contribution in [1.29, 1.82) is 0 Å². The molecule has 1 aliphatic rings. The molecule has 0 amide bonds. The van der Waals surface area contributed by atoms with Gasteiger partial charge in [-0.05, 0) is 18.6 Å². The summed E-state index contributed by atoms with van der Waals surface area (Å²) in [5.74, 6) is 0. The molecule has 7 heteroatoms. The predicted molar refractivity (Wildman–Crippen MR) is 79.7 cm³/mol. The number of rotatable bonds is 6. The van der Waals surface area contributed by atoms with Gasteiger partial charge in [0.2, 0.25) is 0 Å². The standard InChI is InChI=1S/C13H17ClN4O2/c1-16-7-8-17(10-16)6-2-5-15-12-4-3-11(14)9-13(12)18(19)20/h3-4,7-9,15H,2,5-6,10H2,1H3. The van der Waals surface area contributed by atoms with Crippen LogP contribution in [0, 0.1) is 10.1 Å². The molecule has 0 aliphatic carbocycles. The molecule has 1 heterocycles. The fraction of sp³-hybridized carbons (Fsp3) is 0.385. The van der Waals surface area contributed by atoms with Crippen molar-refractivity contribution >= 4 is 23.0 Å². The minimum atomic E-state index is -0.424. The average molecular weight is 297 g/mol. The zero-order valence-electron chi connectivity index (χ0n) is 11.3. The first-order valence-corrected chi connectivity index (χ1v) is 6.74. The van der Waals surface area contributed by atoms with E-state index in [-0.39, 0.29) is 5.69 Å². The van der Waals surface area contributed by atoms with E-state index >= 15 is 0 Å². The van der Waals surface area contributed by atoms with Crippen LogP contribution in [0.2, 0.25) is 5.02 Å². The minimum Gasteiger partial charge on any atom is -0.379 e. The first-order chi connectivity index (χ1) is 9.56. The second-order valence-corrected chi connectivity index (χ2v) is 5.14. The molecule has 1 N–H and O–H groups in total. The fourth-order valence-corrected chi connectivity index (χ4v) is 2.21. The van der Waals surface area contributed by atoms with E-state index in [2.05, 4.69) is 15.1 Å². The van der Waals surface area contributed by atoms with Crippen LogP contribution in [0.3, 0.4) is 0 Å². The van der Waals surface area contributed by atoms with Gasteiger partial charge in [0, 0.05) is 43.6 Å². The van der Waals surface area contributed by atoms with Gasteiger partial charge < -0.3 is 15.1 Å². The third-order valence-electron chi connectivity index (χ3n) is 3.03. The number of hydrogen-bond acceptors (Lipinski definition) is 5. The lowest BCUT2D eigenvalue weighted by Gasteiger charge is -2.18. The van der Waals surface area contributed by atoms with E-state index in [1.165, 1.54) is 6.07 Å². The number of nitrogens with zero attached hydrogens (tertiary/aromatic N) is 3. The molecule has 1 aromatic carbocycles. The molecule has 0 aromatic heterocycles. The van der Waals surface area contributed by atoms with Crippen molar-refractivity contribution in [2.24, 2.45) is 0 Å². The summed E-state index contributed by atoms with van der Waals surface area (Å²) in [6.45, 7) is 2.48. The minimum absolute atomic E-state index is 0.0123. The molecule has 1 aliphatic heterocycles. The molecule has 6 nitrogen and oxygen atoms in total. The molecule has 0 fully saturated rings. The maximum absolute atomic E-state index is 10.9. The van der Waals surface area contributed by atoms with E-state index in [1.807, 2.05) is 19.4 Å². The Hall–Kier alpha value is -1.95. The van der Waals surface area contributed by atoms with Gasteiger partial charge in [-0.25, -0.2) is 0 Å². The number of nitrogens with one attached hydrogen (secondary N) is 1. The van der Waals surface area contributed by atoms with Crippen molar-refractivity contribution in [3.8, 4) is 0 Å². The molecule has 0 spiro atoms. The third-order valence-corrected chi connectivity index (χ3v) is 3.27. The summed E-state index contributed by atoms with van der Waals surface area (Å²) in [4.78, 5) is 14.8. The first kappa shape index (κ1) is 14.5. The van der Waals surface area contributed by atoms with Gasteiger partial charge in [0.15, 0.2) is 0 Å². The largest absolute Gasteiger partial charge is 0.379 e. The van der Waals surface area contributed by atoms with Crippen molar-refractivity contribution in [2.45, 2.75) is 6.42 Å². The monoisotopic (exact) mass is 296 g/mol. The Labute approximate surface area is 122 Å². The lowest BCUT2D eigenvalue weighted by Crippen LogP contribution is -2.24. The Balaban J connectivity index is 1.82. The molecule has 1 aromatic rings. The van der Waals surface area contributed by atoms with Crippen LogP contribution in [0.25, 0.3) is 0 Å². The quantitative estimate of drug-likeness (QED) is 0.497. The average Bonchev–Trinajstić information content (AvgIpc) is 2.81. The predicted octanol–water partition coefficient (Wildman–Crippen LogP) is 2.73. The van der Waals surface area contributed by atoms with E-state index < -0.39 is 4.92 Å². The molecule has 0 radical (unpaired) electrons.